The highest BCUT2D eigenvalue weighted by molar-refractivity contribution is 6.12. The number of ether oxygens (including phenoxy) is 1. The van der Waals surface area contributed by atoms with Crippen LogP contribution < -0.4 is 14.7 Å². The Kier molecular flexibility index (Phi) is 3.92. The number of aliphatic carboxylic acids is 1. The summed E-state index contributed by atoms with van der Waals surface area (Å²) in [4.78, 5) is 25.8. The van der Waals surface area contributed by atoms with Crippen molar-refractivity contribution in [3.63, 3.8) is 0 Å². The van der Waals surface area contributed by atoms with Crippen LogP contribution in [-0.2, 0) is 4.79 Å². The number of rotatable bonds is 3. The molecule has 2 heterocycles. The molecule has 7 nitrogen and oxygen atoms in total. The van der Waals surface area contributed by atoms with E-state index in [4.69, 9.17) is 4.74 Å². The van der Waals surface area contributed by atoms with Crippen LogP contribution in [0.5, 0.6) is 11.6 Å². The van der Waals surface area contributed by atoms with Gasteiger partial charge in [0.05, 0.1) is 23.9 Å². The van der Waals surface area contributed by atoms with Gasteiger partial charge in [0.25, 0.3) is 11.8 Å². The molecule has 1 aromatic carbocycles. The first kappa shape index (κ1) is 15.9. The highest BCUT2D eigenvalue weighted by atomic mass is 16.5. The van der Waals surface area contributed by atoms with E-state index in [9.17, 15) is 14.7 Å². The van der Waals surface area contributed by atoms with Crippen LogP contribution >= 0.6 is 0 Å². The third-order valence-corrected chi connectivity index (χ3v) is 3.96. The predicted molar refractivity (Wildman–Crippen MR) is 83.9 cm³/mol. The number of anilines is 1. The lowest BCUT2D eigenvalue weighted by Crippen LogP contribution is -2.50. The van der Waals surface area contributed by atoms with Gasteiger partial charge in [-0.15, -0.1) is 5.10 Å². The minimum atomic E-state index is -1.32. The zero-order chi connectivity index (χ0) is 17.4. The smallest absolute Gasteiger partial charge is 0.264 e. The molecule has 3 rings (SSSR count). The summed E-state index contributed by atoms with van der Waals surface area (Å²) in [5, 5.41) is 19.2. The molecule has 0 N–H and O–H groups in total. The molecule has 0 bridgehead atoms. The van der Waals surface area contributed by atoms with Crippen LogP contribution in [0.15, 0.2) is 24.4 Å². The Morgan fingerprint density at radius 2 is 2.12 bits per heavy atom. The number of carbonyl (C=O) groups is 2. The maximum Gasteiger partial charge on any atom is 0.264 e. The lowest BCUT2D eigenvalue weighted by atomic mass is 10.1. The van der Waals surface area contributed by atoms with Gasteiger partial charge < -0.3 is 14.6 Å². The van der Waals surface area contributed by atoms with Crippen LogP contribution in [0.4, 0.5) is 5.69 Å². The fraction of sp³-hybridized carbons (Fsp3) is 0.294. The number of carboxylic acid groups (broad SMARTS) is 1. The molecule has 24 heavy (non-hydrogen) atoms. The molecule has 1 unspecified atom stereocenters. The number of fused-ring (bicyclic) bond motifs is 2. The largest absolute Gasteiger partial charge is 0.548 e. The number of aromatic nitrogens is 2. The van der Waals surface area contributed by atoms with E-state index < -0.39 is 17.9 Å². The van der Waals surface area contributed by atoms with E-state index in [0.29, 0.717) is 11.4 Å². The number of carboxylic acids is 1. The molecular weight excluding hydrogens is 310 g/mol. The molecular formula is C17H16N3O4-. The van der Waals surface area contributed by atoms with E-state index in [1.165, 1.54) is 17.2 Å². The first-order valence-corrected chi connectivity index (χ1v) is 7.59. The molecule has 7 heteroatoms. The Bertz CT molecular complexity index is 835. The topological polar surface area (TPSA) is 95.5 Å². The summed E-state index contributed by atoms with van der Waals surface area (Å²) in [5.41, 5.74) is 2.22. The molecule has 2 aromatic rings. The van der Waals surface area contributed by atoms with Gasteiger partial charge in [0.2, 0.25) is 0 Å². The number of nitrogens with zero attached hydrogens (tertiary/aromatic N) is 3. The summed E-state index contributed by atoms with van der Waals surface area (Å²) in [6.45, 7) is 5.39. The Balaban J connectivity index is 2.31. The van der Waals surface area contributed by atoms with Gasteiger partial charge in [0.15, 0.2) is 5.75 Å². The van der Waals surface area contributed by atoms with Gasteiger partial charge >= 0.3 is 0 Å². The highest BCUT2D eigenvalue weighted by Gasteiger charge is 2.34. The second-order valence-electron chi connectivity index (χ2n) is 5.70. The van der Waals surface area contributed by atoms with E-state index in [0.717, 1.165) is 11.1 Å². The number of carbonyl (C=O) groups excluding carboxylic acids is 2. The molecule has 1 atom stereocenters. The molecule has 0 saturated heterocycles. The van der Waals surface area contributed by atoms with E-state index in [1.54, 1.807) is 13.0 Å². The summed E-state index contributed by atoms with van der Waals surface area (Å²) >= 11 is 0. The first-order chi connectivity index (χ1) is 11.4. The molecule has 1 aliphatic heterocycles. The number of aryl methyl sites for hydroxylation is 2. The van der Waals surface area contributed by atoms with Crippen molar-refractivity contribution in [2.45, 2.75) is 33.2 Å². The summed E-state index contributed by atoms with van der Waals surface area (Å²) in [5.74, 6) is -1.36. The molecule has 0 saturated carbocycles. The third kappa shape index (κ3) is 2.47. The molecule has 1 amide bonds. The summed E-state index contributed by atoms with van der Waals surface area (Å²) in [6.07, 6.45) is 1.57. The zero-order valence-electron chi connectivity index (χ0n) is 13.6. The minimum Gasteiger partial charge on any atom is -0.548 e. The minimum absolute atomic E-state index is 0.0615. The van der Waals surface area contributed by atoms with Crippen molar-refractivity contribution in [1.29, 1.82) is 0 Å². The average Bonchev–Trinajstić information content (AvgIpc) is 2.65. The van der Waals surface area contributed by atoms with Crippen LogP contribution in [-0.4, -0.2) is 28.1 Å². The molecule has 0 aliphatic carbocycles. The van der Waals surface area contributed by atoms with Crippen molar-refractivity contribution < 1.29 is 19.4 Å². The van der Waals surface area contributed by atoms with Crippen molar-refractivity contribution >= 4 is 17.6 Å². The maximum absolute atomic E-state index is 13.0. The van der Waals surface area contributed by atoms with Crippen LogP contribution in [0.3, 0.4) is 0 Å². The number of benzene rings is 1. The molecule has 1 aromatic heterocycles. The van der Waals surface area contributed by atoms with E-state index >= 15 is 0 Å². The summed E-state index contributed by atoms with van der Waals surface area (Å²) in [7, 11) is 0. The summed E-state index contributed by atoms with van der Waals surface area (Å²) in [6, 6.07) is 3.97. The molecule has 0 fully saturated rings. The molecule has 1 aliphatic rings. The Morgan fingerprint density at radius 1 is 1.38 bits per heavy atom. The van der Waals surface area contributed by atoms with Gasteiger partial charge in [-0.25, -0.2) is 0 Å². The van der Waals surface area contributed by atoms with Gasteiger partial charge in [-0.1, -0.05) is 13.0 Å². The van der Waals surface area contributed by atoms with Crippen LogP contribution in [0, 0.1) is 13.8 Å². The van der Waals surface area contributed by atoms with Gasteiger partial charge in [0.1, 0.15) is 5.56 Å². The molecule has 124 valence electrons. The van der Waals surface area contributed by atoms with E-state index in [-0.39, 0.29) is 17.9 Å². The Hall–Kier alpha value is -2.96. The van der Waals surface area contributed by atoms with Gasteiger partial charge in [-0.05, 0) is 43.5 Å². The van der Waals surface area contributed by atoms with Gasteiger partial charge in [-0.2, -0.15) is 5.10 Å². The third-order valence-electron chi connectivity index (χ3n) is 3.96. The quantitative estimate of drug-likeness (QED) is 0.845. The van der Waals surface area contributed by atoms with Crippen molar-refractivity contribution in [3.05, 3.63) is 41.1 Å². The summed E-state index contributed by atoms with van der Waals surface area (Å²) < 4.78 is 5.81. The number of hydrogen-bond acceptors (Lipinski definition) is 6. The number of hydrogen-bond donors (Lipinski definition) is 0. The van der Waals surface area contributed by atoms with Gasteiger partial charge in [-0.3, -0.25) is 9.69 Å². The van der Waals surface area contributed by atoms with Crippen LogP contribution in [0.2, 0.25) is 0 Å². The predicted octanol–water partition coefficient (Wildman–Crippen LogP) is 1.37. The first-order valence-electron chi connectivity index (χ1n) is 7.59. The van der Waals surface area contributed by atoms with E-state index in [1.807, 2.05) is 19.9 Å². The lowest BCUT2D eigenvalue weighted by molar-refractivity contribution is -0.307. The van der Waals surface area contributed by atoms with Crippen LogP contribution in [0.25, 0.3) is 0 Å². The molecule has 0 spiro atoms. The average molecular weight is 326 g/mol. The van der Waals surface area contributed by atoms with Crippen molar-refractivity contribution in [2.24, 2.45) is 0 Å². The second kappa shape index (κ2) is 5.92. The van der Waals surface area contributed by atoms with Gasteiger partial charge in [0, 0.05) is 0 Å². The standard InChI is InChI=1S/C17H17N3O4/c1-4-12(17(22)23)20-13-8-9(2)7-10(3)14(13)24-15-11(16(20)21)5-6-18-19-15/h5-8,12H,4H2,1-3H3,(H,22,23)/p-1. The fourth-order valence-electron chi connectivity index (χ4n) is 2.90. The van der Waals surface area contributed by atoms with Crippen molar-refractivity contribution in [1.82, 2.24) is 10.2 Å². The zero-order valence-corrected chi connectivity index (χ0v) is 13.6. The molecule has 0 radical (unpaired) electrons. The lowest BCUT2D eigenvalue weighted by Gasteiger charge is -2.31. The van der Waals surface area contributed by atoms with E-state index in [2.05, 4.69) is 10.2 Å². The number of amides is 1. The fourth-order valence-corrected chi connectivity index (χ4v) is 2.90. The maximum atomic E-state index is 13.0. The Labute approximate surface area is 138 Å². The second-order valence-corrected chi connectivity index (χ2v) is 5.70. The normalized spacial score (nSPS) is 14.3. The van der Waals surface area contributed by atoms with Crippen molar-refractivity contribution in [3.8, 4) is 11.6 Å². The Morgan fingerprint density at radius 3 is 2.79 bits per heavy atom. The van der Waals surface area contributed by atoms with Crippen LogP contribution in [0.1, 0.15) is 34.8 Å². The van der Waals surface area contributed by atoms with Crippen molar-refractivity contribution in [2.75, 3.05) is 4.90 Å². The highest BCUT2D eigenvalue weighted by Crippen LogP contribution is 2.41. The monoisotopic (exact) mass is 326 g/mol. The SMILES string of the molecule is CCC(C(=O)[O-])N1C(=O)c2ccnnc2Oc2c(C)cc(C)cc21.